The summed E-state index contributed by atoms with van der Waals surface area (Å²) >= 11 is 0. The Kier molecular flexibility index (Phi) is 4.60. The highest BCUT2D eigenvalue weighted by Gasteiger charge is 2.18. The van der Waals surface area contributed by atoms with E-state index in [1.165, 1.54) is 18.3 Å². The molecule has 26 heavy (non-hydrogen) atoms. The molecule has 136 valence electrons. The number of benzene rings is 1. The Balaban J connectivity index is 1.85. The Morgan fingerprint density at radius 3 is 2.62 bits per heavy atom. The molecule has 2 aromatic heterocycles. The lowest BCUT2D eigenvalue weighted by Gasteiger charge is -2.20. The number of fused-ring (bicyclic) bond motifs is 1. The zero-order valence-corrected chi connectivity index (χ0v) is 14.8. The minimum absolute atomic E-state index is 0.0312. The Labute approximate surface area is 150 Å². The summed E-state index contributed by atoms with van der Waals surface area (Å²) in [4.78, 5) is 4.52. The number of amidine groups is 1. The first kappa shape index (κ1) is 17.8. The van der Waals surface area contributed by atoms with Gasteiger partial charge in [-0.2, -0.15) is 5.10 Å². The number of nitrogens with zero attached hydrogens (tertiary/aromatic N) is 3. The quantitative estimate of drug-likeness (QED) is 0.320. The summed E-state index contributed by atoms with van der Waals surface area (Å²) in [5.74, 6) is 0.359. The van der Waals surface area contributed by atoms with Gasteiger partial charge in [0.2, 0.25) is 0 Å². The molecule has 0 fully saturated rings. The average Bonchev–Trinajstić information content (AvgIpc) is 2.97. The van der Waals surface area contributed by atoms with E-state index in [9.17, 15) is 9.50 Å². The van der Waals surface area contributed by atoms with Crippen LogP contribution in [0.1, 0.15) is 37.9 Å². The van der Waals surface area contributed by atoms with Gasteiger partial charge in [-0.1, -0.05) is 12.1 Å². The van der Waals surface area contributed by atoms with E-state index in [2.05, 4.69) is 20.7 Å². The summed E-state index contributed by atoms with van der Waals surface area (Å²) in [6, 6.07) is 7.98. The molecule has 0 spiro atoms. The normalized spacial score (nSPS) is 12.8. The van der Waals surface area contributed by atoms with Gasteiger partial charge in [0, 0.05) is 12.2 Å². The van der Waals surface area contributed by atoms with Crippen LogP contribution >= 0.6 is 0 Å². The van der Waals surface area contributed by atoms with Crippen LogP contribution in [0.2, 0.25) is 0 Å². The molecule has 0 radical (unpaired) electrons. The summed E-state index contributed by atoms with van der Waals surface area (Å²) in [5, 5.41) is 28.1. The summed E-state index contributed by atoms with van der Waals surface area (Å²) in [5.41, 5.74) is 0.671. The number of halogens is 1. The molecule has 1 atom stereocenters. The van der Waals surface area contributed by atoms with Crippen molar-refractivity contribution in [1.82, 2.24) is 19.9 Å². The molecule has 0 aliphatic carbocycles. The summed E-state index contributed by atoms with van der Waals surface area (Å²) in [7, 11) is 0. The second-order valence-electron chi connectivity index (χ2n) is 6.62. The number of aromatic nitrogens is 3. The first-order valence-corrected chi connectivity index (χ1v) is 8.19. The lowest BCUT2D eigenvalue weighted by molar-refractivity contribution is 0.0649. The van der Waals surface area contributed by atoms with Gasteiger partial charge >= 0.3 is 0 Å². The van der Waals surface area contributed by atoms with Crippen molar-refractivity contribution in [2.75, 3.05) is 5.32 Å². The molecule has 0 aliphatic heterocycles. The lowest BCUT2D eigenvalue weighted by atomic mass is 10.1. The number of nitrogens with one attached hydrogen (secondary N) is 3. The molecule has 0 aliphatic rings. The van der Waals surface area contributed by atoms with Crippen molar-refractivity contribution < 1.29 is 9.50 Å². The van der Waals surface area contributed by atoms with Gasteiger partial charge in [0.1, 0.15) is 23.2 Å². The van der Waals surface area contributed by atoms with E-state index < -0.39 is 5.72 Å². The first-order valence-electron chi connectivity index (χ1n) is 8.19. The maximum absolute atomic E-state index is 13.1. The van der Waals surface area contributed by atoms with Gasteiger partial charge in [-0.05, 0) is 44.5 Å². The second-order valence-corrected chi connectivity index (χ2v) is 6.62. The van der Waals surface area contributed by atoms with Crippen molar-refractivity contribution in [2.45, 2.75) is 32.5 Å². The highest BCUT2D eigenvalue weighted by molar-refractivity contribution is 6.01. The highest BCUT2D eigenvalue weighted by Crippen LogP contribution is 2.19. The van der Waals surface area contributed by atoms with E-state index >= 15 is 0 Å². The highest BCUT2D eigenvalue weighted by atomic mass is 19.1. The maximum atomic E-state index is 13.1. The Bertz CT molecular complexity index is 929. The predicted octanol–water partition coefficient (Wildman–Crippen LogP) is 2.68. The third-order valence-electron chi connectivity index (χ3n) is 3.80. The minimum Gasteiger partial charge on any atom is -0.372 e. The zero-order chi connectivity index (χ0) is 18.9. The van der Waals surface area contributed by atoms with Crippen molar-refractivity contribution in [2.24, 2.45) is 0 Å². The van der Waals surface area contributed by atoms with Gasteiger partial charge in [0.05, 0.1) is 11.8 Å². The summed E-state index contributed by atoms with van der Waals surface area (Å²) in [6.45, 7) is 5.06. The molecular formula is C18H21FN6O. The van der Waals surface area contributed by atoms with Gasteiger partial charge in [-0.15, -0.1) is 0 Å². The van der Waals surface area contributed by atoms with Gasteiger partial charge in [0.15, 0.2) is 5.65 Å². The van der Waals surface area contributed by atoms with E-state index in [0.717, 1.165) is 5.56 Å². The zero-order valence-electron chi connectivity index (χ0n) is 14.8. The smallest absolute Gasteiger partial charge is 0.168 e. The van der Waals surface area contributed by atoms with E-state index in [4.69, 9.17) is 5.41 Å². The fourth-order valence-electron chi connectivity index (χ4n) is 2.56. The molecule has 3 rings (SSSR count). The Hall–Kier alpha value is -3.00. The lowest BCUT2D eigenvalue weighted by Crippen LogP contribution is -2.43. The van der Waals surface area contributed by atoms with Crippen LogP contribution in [0.5, 0.6) is 0 Å². The molecule has 3 aromatic rings. The number of anilines is 1. The van der Waals surface area contributed by atoms with Crippen LogP contribution in [-0.2, 0) is 0 Å². The van der Waals surface area contributed by atoms with Crippen molar-refractivity contribution in [1.29, 1.82) is 5.41 Å². The van der Waals surface area contributed by atoms with Crippen LogP contribution in [-0.4, -0.2) is 31.3 Å². The largest absolute Gasteiger partial charge is 0.372 e. The average molecular weight is 356 g/mol. The predicted molar refractivity (Wildman–Crippen MR) is 97.7 cm³/mol. The van der Waals surface area contributed by atoms with E-state index in [0.29, 0.717) is 17.0 Å². The van der Waals surface area contributed by atoms with Crippen LogP contribution in [0.4, 0.5) is 10.2 Å². The second kappa shape index (κ2) is 6.72. The molecule has 8 heteroatoms. The molecule has 4 N–H and O–H groups in total. The molecule has 0 saturated carbocycles. The van der Waals surface area contributed by atoms with Gasteiger partial charge in [-0.25, -0.2) is 13.9 Å². The van der Waals surface area contributed by atoms with Crippen LogP contribution in [0.25, 0.3) is 5.65 Å². The van der Waals surface area contributed by atoms with Crippen LogP contribution in [0.15, 0.2) is 42.7 Å². The monoisotopic (exact) mass is 356 g/mol. The van der Waals surface area contributed by atoms with Crippen molar-refractivity contribution in [3.8, 4) is 0 Å². The Morgan fingerprint density at radius 1 is 1.27 bits per heavy atom. The molecule has 1 aromatic carbocycles. The van der Waals surface area contributed by atoms with E-state index in [1.807, 2.05) is 6.92 Å². The van der Waals surface area contributed by atoms with E-state index in [-0.39, 0.29) is 17.7 Å². The maximum Gasteiger partial charge on any atom is 0.168 e. The molecule has 0 saturated heterocycles. The van der Waals surface area contributed by atoms with Crippen molar-refractivity contribution in [3.05, 3.63) is 59.7 Å². The van der Waals surface area contributed by atoms with Gasteiger partial charge < -0.3 is 15.7 Å². The van der Waals surface area contributed by atoms with Gasteiger partial charge in [0.25, 0.3) is 0 Å². The molecule has 0 bridgehead atoms. The summed E-state index contributed by atoms with van der Waals surface area (Å²) < 4.78 is 14.6. The number of hydrogen-bond donors (Lipinski definition) is 4. The number of hydrogen-bond acceptors (Lipinski definition) is 5. The van der Waals surface area contributed by atoms with Crippen LogP contribution in [0.3, 0.4) is 0 Å². The number of aliphatic hydroxyl groups is 1. The molecular weight excluding hydrogens is 335 g/mol. The number of rotatable bonds is 5. The Morgan fingerprint density at radius 2 is 1.96 bits per heavy atom. The fourth-order valence-corrected chi connectivity index (χ4v) is 2.56. The molecule has 2 heterocycles. The molecule has 7 nitrogen and oxygen atoms in total. The SMILES string of the molecule is C[C@@H](Nc1ccn2ncc(C(=N)NC(C)(C)O)c2n1)c1ccc(F)cc1. The van der Waals surface area contributed by atoms with E-state index in [1.54, 1.807) is 42.8 Å². The third-order valence-corrected chi connectivity index (χ3v) is 3.80. The minimum atomic E-state index is -1.22. The standard InChI is InChI=1S/C18H21FN6O/c1-11(12-4-6-13(19)7-5-12)22-15-8-9-25-17(23-15)14(10-21-25)16(20)24-18(2,3)26/h4-11,26H,1-3H3,(H2,20,24)(H,22,23)/t11-/m1/s1. The first-order chi connectivity index (χ1) is 12.2. The fraction of sp³-hybridized carbons (Fsp3) is 0.278. The van der Waals surface area contributed by atoms with Crippen molar-refractivity contribution >= 4 is 17.3 Å². The van der Waals surface area contributed by atoms with Crippen LogP contribution in [0, 0.1) is 11.2 Å². The topological polar surface area (TPSA) is 98.3 Å². The van der Waals surface area contributed by atoms with Gasteiger partial charge in [-0.3, -0.25) is 5.41 Å². The molecule has 0 amide bonds. The third kappa shape index (κ3) is 3.97. The summed E-state index contributed by atoms with van der Waals surface area (Å²) in [6.07, 6.45) is 3.26. The van der Waals surface area contributed by atoms with Crippen LogP contribution < -0.4 is 10.6 Å². The van der Waals surface area contributed by atoms with Crippen molar-refractivity contribution in [3.63, 3.8) is 0 Å². The molecule has 0 unspecified atom stereocenters.